The van der Waals surface area contributed by atoms with Crippen molar-refractivity contribution in [3.05, 3.63) is 52.9 Å². The van der Waals surface area contributed by atoms with Crippen LogP contribution in [0.15, 0.2) is 34.9 Å². The Morgan fingerprint density at radius 3 is 2.56 bits per heavy atom. The molecule has 2 aromatic rings. The Kier molecular flexibility index (Phi) is 5.53. The zero-order valence-electron chi connectivity index (χ0n) is 15.3. The quantitative estimate of drug-likeness (QED) is 0.904. The third-order valence-corrected chi connectivity index (χ3v) is 5.16. The van der Waals surface area contributed by atoms with Crippen LogP contribution in [0.25, 0.3) is 0 Å². The van der Waals surface area contributed by atoms with Crippen LogP contribution in [0.2, 0.25) is 0 Å². The number of aryl methyl sites for hydroxylation is 2. The lowest BCUT2D eigenvalue weighted by Gasteiger charge is -2.37. The van der Waals surface area contributed by atoms with E-state index in [0.717, 1.165) is 19.0 Å². The lowest BCUT2D eigenvalue weighted by Crippen LogP contribution is -2.42. The molecular weight excluding hydrogens is 314 g/mol. The van der Waals surface area contributed by atoms with E-state index in [1.807, 2.05) is 6.07 Å². The van der Waals surface area contributed by atoms with Crippen molar-refractivity contribution in [2.75, 3.05) is 19.6 Å². The maximum absolute atomic E-state index is 12.6. The summed E-state index contributed by atoms with van der Waals surface area (Å²) in [7, 11) is 0. The molecule has 25 heavy (non-hydrogen) atoms. The van der Waals surface area contributed by atoms with Gasteiger partial charge in [-0.25, -0.2) is 0 Å². The minimum absolute atomic E-state index is 0.109. The molecule has 1 aromatic carbocycles. The van der Waals surface area contributed by atoms with Crippen LogP contribution in [-0.2, 0) is 0 Å². The van der Waals surface area contributed by atoms with Gasteiger partial charge in [0.2, 0.25) is 0 Å². The molecule has 3 rings (SSSR count). The highest BCUT2D eigenvalue weighted by molar-refractivity contribution is 5.96. The van der Waals surface area contributed by atoms with E-state index in [1.54, 1.807) is 13.8 Å². The number of rotatable bonds is 5. The van der Waals surface area contributed by atoms with Crippen molar-refractivity contribution in [3.63, 3.8) is 0 Å². The van der Waals surface area contributed by atoms with Crippen molar-refractivity contribution < 1.29 is 9.32 Å². The number of aromatic nitrogens is 1. The summed E-state index contributed by atoms with van der Waals surface area (Å²) in [5.74, 6) is 1.24. The van der Waals surface area contributed by atoms with Gasteiger partial charge in [0.1, 0.15) is 11.3 Å². The average molecular weight is 341 g/mol. The smallest absolute Gasteiger partial charge is 0.256 e. The van der Waals surface area contributed by atoms with E-state index in [4.69, 9.17) is 4.52 Å². The molecule has 134 valence electrons. The van der Waals surface area contributed by atoms with Gasteiger partial charge in [0.15, 0.2) is 0 Å². The maximum Gasteiger partial charge on any atom is 0.256 e. The van der Waals surface area contributed by atoms with Crippen molar-refractivity contribution in [3.8, 4) is 0 Å². The Bertz CT molecular complexity index is 683. The van der Waals surface area contributed by atoms with Crippen LogP contribution in [0.3, 0.4) is 0 Å². The predicted molar refractivity (Wildman–Crippen MR) is 97.5 cm³/mol. The molecule has 0 saturated carbocycles. The lowest BCUT2D eigenvalue weighted by molar-refractivity contribution is 0.0911. The first kappa shape index (κ1) is 17.7. The van der Waals surface area contributed by atoms with E-state index in [2.05, 4.69) is 46.6 Å². The lowest BCUT2D eigenvalue weighted by atomic mass is 9.95. The topological polar surface area (TPSA) is 58.4 Å². The van der Waals surface area contributed by atoms with Gasteiger partial charge in [0.25, 0.3) is 5.91 Å². The van der Waals surface area contributed by atoms with Crippen molar-refractivity contribution >= 4 is 5.91 Å². The van der Waals surface area contributed by atoms with Crippen LogP contribution in [-0.4, -0.2) is 35.6 Å². The van der Waals surface area contributed by atoms with Crippen LogP contribution in [0.1, 0.15) is 53.2 Å². The number of nitrogens with one attached hydrogen (secondary N) is 1. The van der Waals surface area contributed by atoms with E-state index in [0.29, 0.717) is 23.6 Å². The molecule has 1 N–H and O–H groups in total. The minimum Gasteiger partial charge on any atom is -0.361 e. The zero-order valence-corrected chi connectivity index (χ0v) is 15.3. The van der Waals surface area contributed by atoms with Crippen LogP contribution in [0.5, 0.6) is 0 Å². The molecule has 1 fully saturated rings. The van der Waals surface area contributed by atoms with E-state index < -0.39 is 0 Å². The first-order chi connectivity index (χ1) is 12.1. The molecule has 0 bridgehead atoms. The summed E-state index contributed by atoms with van der Waals surface area (Å²) in [6.45, 7) is 8.61. The van der Waals surface area contributed by atoms with Gasteiger partial charge in [-0.15, -0.1) is 0 Å². The fourth-order valence-electron chi connectivity index (χ4n) is 3.56. The first-order valence-corrected chi connectivity index (χ1v) is 9.06. The summed E-state index contributed by atoms with van der Waals surface area (Å²) in [5.41, 5.74) is 2.44. The summed E-state index contributed by atoms with van der Waals surface area (Å²) >= 11 is 0. The number of benzene rings is 1. The van der Waals surface area contributed by atoms with Gasteiger partial charge >= 0.3 is 0 Å². The second-order valence-corrected chi connectivity index (χ2v) is 7.05. The standard InChI is InChI=1S/C20H27N3O2/c1-14-9-11-23(12-10-14)18(17-7-5-4-6-8-17)13-21-20(24)19-15(2)22-25-16(19)3/h4-8,14,18H,9-13H2,1-3H3,(H,21,24)/t18-/m1/s1. The molecular formula is C20H27N3O2. The number of hydrogen-bond acceptors (Lipinski definition) is 4. The van der Waals surface area contributed by atoms with E-state index in [-0.39, 0.29) is 11.9 Å². The third-order valence-electron chi connectivity index (χ3n) is 5.16. The number of carbonyl (C=O) groups excluding carboxylic acids is 1. The van der Waals surface area contributed by atoms with Gasteiger partial charge in [-0.1, -0.05) is 42.4 Å². The predicted octanol–water partition coefficient (Wildman–Crippen LogP) is 3.49. The number of nitrogens with zero attached hydrogens (tertiary/aromatic N) is 2. The summed E-state index contributed by atoms with van der Waals surface area (Å²) in [4.78, 5) is 15.1. The van der Waals surface area contributed by atoms with E-state index >= 15 is 0 Å². The summed E-state index contributed by atoms with van der Waals surface area (Å²) in [6.07, 6.45) is 2.42. The number of likely N-dealkylation sites (tertiary alicyclic amines) is 1. The highest BCUT2D eigenvalue weighted by Gasteiger charge is 2.26. The fourth-order valence-corrected chi connectivity index (χ4v) is 3.56. The normalized spacial score (nSPS) is 17.4. The Morgan fingerprint density at radius 1 is 1.28 bits per heavy atom. The Morgan fingerprint density at radius 2 is 1.96 bits per heavy atom. The van der Waals surface area contributed by atoms with Crippen LogP contribution in [0, 0.1) is 19.8 Å². The van der Waals surface area contributed by atoms with Crippen molar-refractivity contribution in [1.29, 1.82) is 0 Å². The van der Waals surface area contributed by atoms with Crippen LogP contribution < -0.4 is 5.32 Å². The molecule has 1 aliphatic rings. The molecule has 1 amide bonds. The number of carbonyl (C=O) groups is 1. The first-order valence-electron chi connectivity index (χ1n) is 9.06. The third kappa shape index (κ3) is 4.10. The van der Waals surface area contributed by atoms with Crippen molar-refractivity contribution in [2.24, 2.45) is 5.92 Å². The molecule has 0 unspecified atom stereocenters. The summed E-state index contributed by atoms with van der Waals surface area (Å²) in [5, 5.41) is 6.97. The zero-order chi connectivity index (χ0) is 17.8. The Labute approximate surface area is 149 Å². The van der Waals surface area contributed by atoms with Gasteiger partial charge in [-0.05, 0) is 51.3 Å². The largest absolute Gasteiger partial charge is 0.361 e. The molecule has 1 aromatic heterocycles. The SMILES string of the molecule is Cc1noc(C)c1C(=O)NC[C@H](c1ccccc1)N1CCC(C)CC1. The van der Waals surface area contributed by atoms with Crippen LogP contribution >= 0.6 is 0 Å². The maximum atomic E-state index is 12.6. The Balaban J connectivity index is 1.73. The van der Waals surface area contributed by atoms with Crippen molar-refractivity contribution in [2.45, 2.75) is 39.7 Å². The molecule has 1 aliphatic heterocycles. The van der Waals surface area contributed by atoms with Gasteiger partial charge in [-0.2, -0.15) is 0 Å². The number of amides is 1. The summed E-state index contributed by atoms with van der Waals surface area (Å²) < 4.78 is 5.11. The van der Waals surface area contributed by atoms with Crippen LogP contribution in [0.4, 0.5) is 0 Å². The van der Waals surface area contributed by atoms with Gasteiger partial charge in [0.05, 0.1) is 11.7 Å². The molecule has 0 spiro atoms. The molecule has 5 nitrogen and oxygen atoms in total. The highest BCUT2D eigenvalue weighted by atomic mass is 16.5. The molecule has 0 radical (unpaired) electrons. The van der Waals surface area contributed by atoms with Gasteiger partial charge in [0, 0.05) is 6.54 Å². The molecule has 5 heteroatoms. The highest BCUT2D eigenvalue weighted by Crippen LogP contribution is 2.26. The Hall–Kier alpha value is -2.14. The fraction of sp³-hybridized carbons (Fsp3) is 0.500. The van der Waals surface area contributed by atoms with E-state index in [1.165, 1.54) is 18.4 Å². The molecule has 0 aliphatic carbocycles. The summed E-state index contributed by atoms with van der Waals surface area (Å²) in [6, 6.07) is 10.6. The van der Waals surface area contributed by atoms with Gasteiger partial charge in [-0.3, -0.25) is 9.69 Å². The number of piperidine rings is 1. The second kappa shape index (κ2) is 7.83. The molecule has 1 saturated heterocycles. The monoisotopic (exact) mass is 341 g/mol. The van der Waals surface area contributed by atoms with Gasteiger partial charge < -0.3 is 9.84 Å². The average Bonchev–Trinajstić information content (AvgIpc) is 2.96. The van der Waals surface area contributed by atoms with Crippen molar-refractivity contribution in [1.82, 2.24) is 15.4 Å². The molecule has 2 heterocycles. The second-order valence-electron chi connectivity index (χ2n) is 7.05. The molecule has 1 atom stereocenters. The van der Waals surface area contributed by atoms with E-state index in [9.17, 15) is 4.79 Å². The number of hydrogen-bond donors (Lipinski definition) is 1. The minimum atomic E-state index is -0.109.